The first-order valence-corrected chi connectivity index (χ1v) is 15.9. The lowest BCUT2D eigenvalue weighted by Crippen LogP contribution is -2.56. The first kappa shape index (κ1) is 37.4. The Labute approximate surface area is 258 Å². The molecule has 2 heterocycles. The summed E-state index contributed by atoms with van der Waals surface area (Å²) in [7, 11) is 3.79. The molecular weight excluding hydrogens is 554 g/mol. The van der Waals surface area contributed by atoms with E-state index >= 15 is 0 Å². The summed E-state index contributed by atoms with van der Waals surface area (Å²) in [6.45, 7) is 12.7. The van der Waals surface area contributed by atoms with E-state index in [1.807, 2.05) is 72.7 Å². The third-order valence-corrected chi connectivity index (χ3v) is 8.93. The lowest BCUT2D eigenvalue weighted by molar-refractivity contribution is -0.284. The van der Waals surface area contributed by atoms with E-state index in [9.17, 15) is 24.9 Å². The van der Waals surface area contributed by atoms with E-state index in [1.165, 1.54) is 6.92 Å². The Kier molecular flexibility index (Phi) is 15.3. The second-order valence-corrected chi connectivity index (χ2v) is 12.9. The number of ether oxygens (including phenoxy) is 4. The average molecular weight is 612 g/mol. The zero-order valence-electron chi connectivity index (χ0n) is 27.6. The molecule has 12 atom stereocenters. The molecule has 0 aromatic carbocycles. The second kappa shape index (κ2) is 17.6. The van der Waals surface area contributed by atoms with Gasteiger partial charge in [0.15, 0.2) is 6.29 Å². The summed E-state index contributed by atoms with van der Waals surface area (Å²) < 4.78 is 24.3. The monoisotopic (exact) mass is 611 g/mol. The number of cyclic esters (lactones) is 1. The highest BCUT2D eigenvalue weighted by molar-refractivity contribution is 5.71. The number of rotatable bonds is 7. The molecule has 10 heteroatoms. The van der Waals surface area contributed by atoms with Crippen LogP contribution in [0.25, 0.3) is 0 Å². The molecule has 43 heavy (non-hydrogen) atoms. The zero-order valence-corrected chi connectivity index (χ0v) is 27.6. The SMILES string of the molecule is CC[C@H]1OC(=O)C[C@@H](OC(C)=O)[C@H](C)[C@@H](OC2OC(C)CC(N(C)C)C2O)[C@@H](CCO)C[C@@H](C)[C@@H](O)/C=C/C(C)=C/[C@@H]1C. The van der Waals surface area contributed by atoms with Gasteiger partial charge in [-0.05, 0) is 65.5 Å². The van der Waals surface area contributed by atoms with Crippen molar-refractivity contribution in [2.45, 2.75) is 130 Å². The number of aliphatic hydroxyl groups is 3. The summed E-state index contributed by atoms with van der Waals surface area (Å²) in [6.07, 6.45) is 2.61. The van der Waals surface area contributed by atoms with Gasteiger partial charge in [0.2, 0.25) is 0 Å². The molecule has 3 N–H and O–H groups in total. The topological polar surface area (TPSA) is 135 Å². The number of carbonyl (C=O) groups is 2. The number of hydrogen-bond acceptors (Lipinski definition) is 10. The van der Waals surface area contributed by atoms with Gasteiger partial charge in [-0.15, -0.1) is 0 Å². The zero-order chi connectivity index (χ0) is 32.4. The first-order chi connectivity index (χ1) is 20.2. The normalized spacial score (nSPS) is 40.8. The summed E-state index contributed by atoms with van der Waals surface area (Å²) >= 11 is 0. The highest BCUT2D eigenvalue weighted by Gasteiger charge is 2.44. The molecule has 2 aliphatic heterocycles. The smallest absolute Gasteiger partial charge is 0.309 e. The first-order valence-electron chi connectivity index (χ1n) is 15.9. The second-order valence-electron chi connectivity index (χ2n) is 12.9. The number of hydrogen-bond donors (Lipinski definition) is 3. The highest BCUT2D eigenvalue weighted by atomic mass is 16.7. The molecule has 1 saturated heterocycles. The van der Waals surface area contributed by atoms with Crippen LogP contribution in [0.3, 0.4) is 0 Å². The molecule has 4 unspecified atom stereocenters. The van der Waals surface area contributed by atoms with E-state index in [0.717, 1.165) is 5.57 Å². The van der Waals surface area contributed by atoms with Crippen LogP contribution in [-0.2, 0) is 28.5 Å². The Bertz CT molecular complexity index is 937. The largest absolute Gasteiger partial charge is 0.462 e. The third kappa shape index (κ3) is 11.2. The minimum Gasteiger partial charge on any atom is -0.462 e. The molecule has 0 aliphatic carbocycles. The van der Waals surface area contributed by atoms with Crippen LogP contribution in [0.5, 0.6) is 0 Å². The predicted molar refractivity (Wildman–Crippen MR) is 164 cm³/mol. The van der Waals surface area contributed by atoms with Crippen LogP contribution in [0.15, 0.2) is 23.8 Å². The highest BCUT2D eigenvalue weighted by Crippen LogP contribution is 2.35. The van der Waals surface area contributed by atoms with E-state index in [2.05, 4.69) is 0 Å². The van der Waals surface area contributed by atoms with Gasteiger partial charge in [-0.1, -0.05) is 51.5 Å². The standard InChI is InChI=1S/C33H57NO9/c1-10-28-21(4)15-19(2)11-12-27(37)20(3)16-25(13-14-35)32(23(6)29(41-24(7)36)18-30(38)42-28)43-33-31(39)26(34(8)9)17-22(5)40-33/h11-12,15,20-23,25-29,31-33,35,37,39H,10,13-14,16-18H2,1-9H3/b12-11+,19-15+/t20-,21+,22?,23+,25+,26?,27+,28-,29-,31?,32-,33?/m1/s1. The number of allylic oxidation sites excluding steroid dienone is 2. The summed E-state index contributed by atoms with van der Waals surface area (Å²) in [5, 5.41) is 32.5. The fourth-order valence-electron chi connectivity index (χ4n) is 6.39. The van der Waals surface area contributed by atoms with Crippen LogP contribution < -0.4 is 0 Å². The maximum Gasteiger partial charge on any atom is 0.309 e. The maximum atomic E-state index is 13.3. The lowest BCUT2D eigenvalue weighted by atomic mass is 9.79. The molecule has 1 fully saturated rings. The Morgan fingerprint density at radius 3 is 2.40 bits per heavy atom. The number of aliphatic hydroxyl groups excluding tert-OH is 3. The molecule has 0 spiro atoms. The van der Waals surface area contributed by atoms with Crippen LogP contribution >= 0.6 is 0 Å². The molecule has 0 aromatic heterocycles. The van der Waals surface area contributed by atoms with Gasteiger partial charge in [-0.2, -0.15) is 0 Å². The Morgan fingerprint density at radius 2 is 1.81 bits per heavy atom. The van der Waals surface area contributed by atoms with Gasteiger partial charge < -0.3 is 39.2 Å². The fraction of sp³-hybridized carbons (Fsp3) is 0.818. The molecule has 2 aliphatic rings. The summed E-state index contributed by atoms with van der Waals surface area (Å²) in [5.74, 6) is -2.19. The fourth-order valence-corrected chi connectivity index (χ4v) is 6.39. The summed E-state index contributed by atoms with van der Waals surface area (Å²) in [4.78, 5) is 27.5. The van der Waals surface area contributed by atoms with Crippen molar-refractivity contribution in [3.63, 3.8) is 0 Å². The average Bonchev–Trinajstić information content (AvgIpc) is 2.92. The van der Waals surface area contributed by atoms with Gasteiger partial charge in [0.05, 0.1) is 24.7 Å². The van der Waals surface area contributed by atoms with Gasteiger partial charge in [-0.25, -0.2) is 0 Å². The van der Waals surface area contributed by atoms with E-state index < -0.39 is 48.6 Å². The Hall–Kier alpha value is -1.82. The van der Waals surface area contributed by atoms with Crippen LogP contribution in [-0.4, -0.2) is 102 Å². The van der Waals surface area contributed by atoms with E-state index in [1.54, 1.807) is 6.08 Å². The molecule has 0 bridgehead atoms. The number of nitrogens with zero attached hydrogens (tertiary/aromatic N) is 1. The third-order valence-electron chi connectivity index (χ3n) is 8.93. The minimum absolute atomic E-state index is 0.0766. The molecule has 0 amide bonds. The maximum absolute atomic E-state index is 13.3. The van der Waals surface area contributed by atoms with Gasteiger partial charge in [0.25, 0.3) is 0 Å². The van der Waals surface area contributed by atoms with Crippen molar-refractivity contribution in [3.8, 4) is 0 Å². The van der Waals surface area contributed by atoms with Gasteiger partial charge in [-0.3, -0.25) is 9.59 Å². The van der Waals surface area contributed by atoms with Gasteiger partial charge in [0, 0.05) is 31.4 Å². The minimum atomic E-state index is -0.987. The van der Waals surface area contributed by atoms with Crippen LogP contribution in [0.1, 0.15) is 80.6 Å². The van der Waals surface area contributed by atoms with Gasteiger partial charge in [0.1, 0.15) is 18.3 Å². The molecule has 0 aromatic rings. The Morgan fingerprint density at radius 1 is 1.14 bits per heavy atom. The number of carbonyl (C=O) groups excluding carboxylic acids is 2. The Balaban J connectivity index is 2.59. The van der Waals surface area contributed by atoms with E-state index in [-0.39, 0.29) is 49.0 Å². The van der Waals surface area contributed by atoms with Crippen molar-refractivity contribution in [1.82, 2.24) is 4.90 Å². The van der Waals surface area contributed by atoms with E-state index in [0.29, 0.717) is 25.7 Å². The van der Waals surface area contributed by atoms with Crippen molar-refractivity contribution < 1.29 is 43.9 Å². The molecule has 248 valence electrons. The van der Waals surface area contributed by atoms with Crippen molar-refractivity contribution >= 4 is 11.9 Å². The number of likely N-dealkylation sites (N-methyl/N-ethyl adjacent to an activating group) is 1. The molecule has 0 saturated carbocycles. The summed E-state index contributed by atoms with van der Waals surface area (Å²) in [5.41, 5.74) is 0.938. The van der Waals surface area contributed by atoms with E-state index in [4.69, 9.17) is 18.9 Å². The molecule has 10 nitrogen and oxygen atoms in total. The lowest BCUT2D eigenvalue weighted by Gasteiger charge is -2.45. The molecule has 0 radical (unpaired) electrons. The van der Waals surface area contributed by atoms with Crippen LogP contribution in [0, 0.1) is 23.7 Å². The predicted octanol–water partition coefficient (Wildman–Crippen LogP) is 3.62. The molecule has 2 rings (SSSR count). The van der Waals surface area contributed by atoms with Crippen LogP contribution in [0.4, 0.5) is 0 Å². The quantitative estimate of drug-likeness (QED) is 0.367. The van der Waals surface area contributed by atoms with Gasteiger partial charge >= 0.3 is 11.9 Å². The van der Waals surface area contributed by atoms with Crippen molar-refractivity contribution in [2.75, 3.05) is 20.7 Å². The van der Waals surface area contributed by atoms with Crippen LogP contribution in [0.2, 0.25) is 0 Å². The van der Waals surface area contributed by atoms with Crippen molar-refractivity contribution in [1.29, 1.82) is 0 Å². The van der Waals surface area contributed by atoms with Crippen molar-refractivity contribution in [2.24, 2.45) is 23.7 Å². The van der Waals surface area contributed by atoms with Crippen molar-refractivity contribution in [3.05, 3.63) is 23.8 Å². The summed E-state index contributed by atoms with van der Waals surface area (Å²) in [6, 6.07) is -0.207. The number of esters is 2. The molecular formula is C33H57NO9.